The van der Waals surface area contributed by atoms with E-state index in [2.05, 4.69) is 20.8 Å². The fraction of sp³-hybridized carbons (Fsp3) is 0.222. The second kappa shape index (κ2) is 7.83. The SMILES string of the molecule is COc1ccc(F)cc1-c1ccc2c(NC(=O)NCCCN)n[nH]c2c1. The van der Waals surface area contributed by atoms with Crippen LogP contribution in [0.15, 0.2) is 36.4 Å². The van der Waals surface area contributed by atoms with Crippen LogP contribution in [0.5, 0.6) is 5.75 Å². The summed E-state index contributed by atoms with van der Waals surface area (Å²) in [5.41, 5.74) is 7.52. The number of H-pyrrole nitrogens is 1. The van der Waals surface area contributed by atoms with Crippen molar-refractivity contribution in [2.24, 2.45) is 5.73 Å². The van der Waals surface area contributed by atoms with Crippen LogP contribution in [0.3, 0.4) is 0 Å². The molecular formula is C18H20FN5O2. The molecular weight excluding hydrogens is 337 g/mol. The summed E-state index contributed by atoms with van der Waals surface area (Å²) in [6, 6.07) is 9.48. The van der Waals surface area contributed by atoms with Gasteiger partial charge in [0.05, 0.1) is 12.6 Å². The van der Waals surface area contributed by atoms with Crippen molar-refractivity contribution in [1.82, 2.24) is 15.5 Å². The molecule has 26 heavy (non-hydrogen) atoms. The van der Waals surface area contributed by atoms with E-state index in [4.69, 9.17) is 10.5 Å². The van der Waals surface area contributed by atoms with Crippen LogP contribution in [0, 0.1) is 5.82 Å². The number of carbonyl (C=O) groups is 1. The molecule has 5 N–H and O–H groups in total. The molecule has 3 rings (SSSR count). The van der Waals surface area contributed by atoms with Crippen molar-refractivity contribution in [1.29, 1.82) is 0 Å². The lowest BCUT2D eigenvalue weighted by atomic mass is 10.0. The average molecular weight is 357 g/mol. The van der Waals surface area contributed by atoms with Gasteiger partial charge in [0.25, 0.3) is 0 Å². The Bertz CT molecular complexity index is 925. The van der Waals surface area contributed by atoms with Crippen LogP contribution in [0.1, 0.15) is 6.42 Å². The molecule has 8 heteroatoms. The number of aromatic amines is 1. The summed E-state index contributed by atoms with van der Waals surface area (Å²) < 4.78 is 18.9. The van der Waals surface area contributed by atoms with Gasteiger partial charge in [-0.1, -0.05) is 6.07 Å². The number of rotatable bonds is 6. The van der Waals surface area contributed by atoms with Crippen LogP contribution < -0.4 is 21.1 Å². The number of carbonyl (C=O) groups excluding carboxylic acids is 1. The molecule has 0 bridgehead atoms. The van der Waals surface area contributed by atoms with Gasteiger partial charge in [0, 0.05) is 17.5 Å². The lowest BCUT2D eigenvalue weighted by Crippen LogP contribution is -2.30. The van der Waals surface area contributed by atoms with Crippen LogP contribution in [-0.2, 0) is 0 Å². The monoisotopic (exact) mass is 357 g/mol. The van der Waals surface area contributed by atoms with Crippen LogP contribution in [0.2, 0.25) is 0 Å². The Kier molecular flexibility index (Phi) is 5.33. The second-order valence-electron chi connectivity index (χ2n) is 5.70. The number of hydrogen-bond donors (Lipinski definition) is 4. The molecule has 0 aliphatic heterocycles. The van der Waals surface area contributed by atoms with Crippen LogP contribution >= 0.6 is 0 Å². The van der Waals surface area contributed by atoms with Crippen molar-refractivity contribution >= 4 is 22.8 Å². The predicted octanol–water partition coefficient (Wildman–Crippen LogP) is 2.85. The highest BCUT2D eigenvalue weighted by Gasteiger charge is 2.12. The number of halogens is 1. The first-order valence-corrected chi connectivity index (χ1v) is 8.19. The number of urea groups is 1. The molecule has 0 saturated carbocycles. The van der Waals surface area contributed by atoms with E-state index < -0.39 is 0 Å². The molecule has 0 spiro atoms. The van der Waals surface area contributed by atoms with Gasteiger partial charge in [-0.2, -0.15) is 5.10 Å². The fourth-order valence-electron chi connectivity index (χ4n) is 2.64. The minimum atomic E-state index is -0.345. The van der Waals surface area contributed by atoms with Crippen LogP contribution in [0.4, 0.5) is 15.0 Å². The van der Waals surface area contributed by atoms with E-state index >= 15 is 0 Å². The summed E-state index contributed by atoms with van der Waals surface area (Å²) in [6.07, 6.45) is 0.702. The van der Waals surface area contributed by atoms with Gasteiger partial charge in [0.2, 0.25) is 0 Å². The van der Waals surface area contributed by atoms with E-state index in [1.54, 1.807) is 6.07 Å². The second-order valence-corrected chi connectivity index (χ2v) is 5.70. The van der Waals surface area contributed by atoms with Gasteiger partial charge >= 0.3 is 6.03 Å². The van der Waals surface area contributed by atoms with E-state index in [1.165, 1.54) is 19.2 Å². The number of benzene rings is 2. The average Bonchev–Trinajstić information content (AvgIpc) is 3.04. The summed E-state index contributed by atoms with van der Waals surface area (Å²) in [4.78, 5) is 11.9. The fourth-order valence-corrected chi connectivity index (χ4v) is 2.64. The minimum Gasteiger partial charge on any atom is -0.496 e. The van der Waals surface area contributed by atoms with E-state index in [1.807, 2.05) is 18.2 Å². The lowest BCUT2D eigenvalue weighted by molar-refractivity contribution is 0.252. The number of hydrogen-bond acceptors (Lipinski definition) is 4. The number of amides is 2. The quantitative estimate of drug-likeness (QED) is 0.509. The highest BCUT2D eigenvalue weighted by molar-refractivity contribution is 6.00. The van der Waals surface area contributed by atoms with Crippen molar-refractivity contribution in [3.05, 3.63) is 42.2 Å². The van der Waals surface area contributed by atoms with Crippen LogP contribution in [-0.4, -0.2) is 36.4 Å². The molecule has 2 amide bonds. The molecule has 3 aromatic rings. The van der Waals surface area contributed by atoms with Gasteiger partial charge in [-0.3, -0.25) is 10.4 Å². The first-order valence-electron chi connectivity index (χ1n) is 8.19. The maximum Gasteiger partial charge on any atom is 0.320 e. The van der Waals surface area contributed by atoms with Gasteiger partial charge in [-0.05, 0) is 48.9 Å². The molecule has 1 heterocycles. The predicted molar refractivity (Wildman–Crippen MR) is 98.7 cm³/mol. The van der Waals surface area contributed by atoms with Gasteiger partial charge < -0.3 is 15.8 Å². The summed E-state index contributed by atoms with van der Waals surface area (Å²) in [6.45, 7) is 1.01. The highest BCUT2D eigenvalue weighted by Crippen LogP contribution is 2.33. The number of fused-ring (bicyclic) bond motifs is 1. The molecule has 0 saturated heterocycles. The first kappa shape index (κ1) is 17.7. The smallest absolute Gasteiger partial charge is 0.320 e. The molecule has 136 valence electrons. The minimum absolute atomic E-state index is 0.345. The zero-order valence-electron chi connectivity index (χ0n) is 14.3. The third kappa shape index (κ3) is 3.75. The lowest BCUT2D eigenvalue weighted by Gasteiger charge is -2.09. The van der Waals surface area contributed by atoms with E-state index in [0.717, 1.165) is 10.9 Å². The van der Waals surface area contributed by atoms with Gasteiger partial charge in [-0.15, -0.1) is 0 Å². The maximum absolute atomic E-state index is 13.6. The normalized spacial score (nSPS) is 10.7. The van der Waals surface area contributed by atoms with Crippen molar-refractivity contribution in [3.63, 3.8) is 0 Å². The molecule has 0 atom stereocenters. The highest BCUT2D eigenvalue weighted by atomic mass is 19.1. The Balaban J connectivity index is 1.86. The Morgan fingerprint density at radius 1 is 1.31 bits per heavy atom. The largest absolute Gasteiger partial charge is 0.496 e. The number of methoxy groups -OCH3 is 1. The Morgan fingerprint density at radius 2 is 2.15 bits per heavy atom. The van der Waals surface area contributed by atoms with E-state index in [0.29, 0.717) is 42.2 Å². The molecule has 7 nitrogen and oxygen atoms in total. The number of nitrogens with two attached hydrogens (primary N) is 1. The Labute approximate surface area is 149 Å². The maximum atomic E-state index is 13.6. The van der Waals surface area contributed by atoms with Crippen molar-refractivity contribution in [3.8, 4) is 16.9 Å². The number of nitrogens with zero attached hydrogens (tertiary/aromatic N) is 1. The molecule has 0 fully saturated rings. The molecule has 0 aliphatic rings. The summed E-state index contributed by atoms with van der Waals surface area (Å²) in [5.74, 6) is 0.646. The summed E-state index contributed by atoms with van der Waals surface area (Å²) in [5, 5.41) is 13.2. The van der Waals surface area contributed by atoms with Crippen molar-refractivity contribution in [2.45, 2.75) is 6.42 Å². The summed E-state index contributed by atoms with van der Waals surface area (Å²) in [7, 11) is 1.54. The molecule has 1 aromatic heterocycles. The number of nitrogens with one attached hydrogen (secondary N) is 3. The zero-order valence-corrected chi connectivity index (χ0v) is 14.3. The van der Waals surface area contributed by atoms with Crippen LogP contribution in [0.25, 0.3) is 22.0 Å². The number of ether oxygens (including phenoxy) is 1. The standard InChI is InChI=1S/C18H20FN5O2/c1-26-16-6-4-12(19)10-14(16)11-3-5-13-15(9-11)23-24-17(13)22-18(25)21-8-2-7-20/h3-6,9-10H,2,7-8,20H2,1H3,(H3,21,22,23,24,25). The van der Waals surface area contributed by atoms with Gasteiger partial charge in [0.1, 0.15) is 11.6 Å². The molecule has 0 radical (unpaired) electrons. The first-order chi connectivity index (χ1) is 12.6. The number of aromatic nitrogens is 2. The third-order valence-electron chi connectivity index (χ3n) is 3.93. The van der Waals surface area contributed by atoms with Crippen molar-refractivity contribution in [2.75, 3.05) is 25.5 Å². The Hall–Kier alpha value is -3.13. The van der Waals surface area contributed by atoms with E-state index in [-0.39, 0.29) is 11.8 Å². The molecule has 0 unspecified atom stereocenters. The Morgan fingerprint density at radius 3 is 2.92 bits per heavy atom. The third-order valence-corrected chi connectivity index (χ3v) is 3.93. The zero-order chi connectivity index (χ0) is 18.5. The number of anilines is 1. The van der Waals surface area contributed by atoms with Gasteiger partial charge in [0.15, 0.2) is 5.82 Å². The molecule has 0 aliphatic carbocycles. The van der Waals surface area contributed by atoms with E-state index in [9.17, 15) is 9.18 Å². The topological polar surface area (TPSA) is 105 Å². The van der Waals surface area contributed by atoms with Gasteiger partial charge in [-0.25, -0.2) is 9.18 Å². The molecule has 2 aromatic carbocycles. The van der Waals surface area contributed by atoms with Crippen molar-refractivity contribution < 1.29 is 13.9 Å². The summed E-state index contributed by atoms with van der Waals surface area (Å²) >= 11 is 0.